The van der Waals surface area contributed by atoms with E-state index >= 15 is 0 Å². The Morgan fingerprint density at radius 3 is 2.83 bits per heavy atom. The van der Waals surface area contributed by atoms with Crippen molar-refractivity contribution in [3.8, 4) is 0 Å². The lowest BCUT2D eigenvalue weighted by molar-refractivity contribution is -0.385. The largest absolute Gasteiger partial charge is 0.439 e. The normalized spacial score (nSPS) is 10.9. The molecule has 0 fully saturated rings. The van der Waals surface area contributed by atoms with Gasteiger partial charge in [0.05, 0.1) is 11.1 Å². The number of aromatic nitrogens is 2. The number of halogens is 1. The van der Waals surface area contributed by atoms with Crippen LogP contribution in [0.1, 0.15) is 16.2 Å². The van der Waals surface area contributed by atoms with Crippen molar-refractivity contribution in [1.82, 2.24) is 9.55 Å². The summed E-state index contributed by atoms with van der Waals surface area (Å²) in [5.74, 6) is -1.58. The van der Waals surface area contributed by atoms with Crippen LogP contribution in [-0.2, 0) is 6.54 Å². The Balaban J connectivity index is 2.09. The first-order chi connectivity index (χ1) is 11.3. The number of pyridine rings is 1. The third kappa shape index (κ3) is 2.72. The molecule has 0 radical (unpaired) electrons. The van der Waals surface area contributed by atoms with Crippen LogP contribution in [0.15, 0.2) is 39.7 Å². The number of carbonyl (C=O) groups excluding carboxylic acids is 1. The number of carbonyl (C=O) groups is 1. The monoisotopic (exact) mass is 332 g/mol. The minimum Gasteiger partial charge on any atom is -0.439 e. The van der Waals surface area contributed by atoms with Crippen molar-refractivity contribution in [3.63, 3.8) is 0 Å². The predicted octanol–water partition coefficient (Wildman–Crippen LogP) is 1.18. The zero-order valence-corrected chi connectivity index (χ0v) is 11.9. The maximum atomic E-state index is 13.2. The molecule has 24 heavy (non-hydrogen) atoms. The van der Waals surface area contributed by atoms with Crippen molar-refractivity contribution in [2.24, 2.45) is 5.73 Å². The van der Waals surface area contributed by atoms with Gasteiger partial charge in [0.15, 0.2) is 5.58 Å². The summed E-state index contributed by atoms with van der Waals surface area (Å²) in [5, 5.41) is 10.9. The Kier molecular flexibility index (Phi) is 3.56. The van der Waals surface area contributed by atoms with E-state index in [9.17, 15) is 24.1 Å². The van der Waals surface area contributed by atoms with Gasteiger partial charge in [-0.3, -0.25) is 24.3 Å². The molecule has 0 aliphatic heterocycles. The first-order valence-electron chi connectivity index (χ1n) is 6.59. The average Bonchev–Trinajstić information content (AvgIpc) is 2.90. The van der Waals surface area contributed by atoms with E-state index < -0.39 is 33.5 Å². The predicted molar refractivity (Wildman–Crippen MR) is 78.9 cm³/mol. The Bertz CT molecular complexity index is 1040. The lowest BCUT2D eigenvalue weighted by Crippen LogP contribution is -2.30. The quantitative estimate of drug-likeness (QED) is 0.563. The molecule has 0 saturated heterocycles. The molecule has 1 amide bonds. The highest BCUT2D eigenvalue weighted by atomic mass is 19.1. The lowest BCUT2D eigenvalue weighted by Gasteiger charge is -2.04. The first-order valence-corrected chi connectivity index (χ1v) is 6.59. The number of rotatable bonds is 4. The minimum atomic E-state index is -1.09. The maximum absolute atomic E-state index is 13.2. The van der Waals surface area contributed by atoms with Gasteiger partial charge in [0.25, 0.3) is 17.2 Å². The molecule has 122 valence electrons. The molecule has 2 aromatic heterocycles. The van der Waals surface area contributed by atoms with Gasteiger partial charge >= 0.3 is 0 Å². The van der Waals surface area contributed by atoms with E-state index in [1.807, 2.05) is 0 Å². The second-order valence-corrected chi connectivity index (χ2v) is 4.89. The minimum absolute atomic E-state index is 0.0219. The third-order valence-electron chi connectivity index (χ3n) is 3.25. The van der Waals surface area contributed by atoms with Crippen LogP contribution in [0.4, 0.5) is 10.1 Å². The Morgan fingerprint density at radius 1 is 1.42 bits per heavy atom. The molecular weight excluding hydrogens is 323 g/mol. The van der Waals surface area contributed by atoms with Crippen molar-refractivity contribution in [2.45, 2.75) is 6.54 Å². The summed E-state index contributed by atoms with van der Waals surface area (Å²) in [4.78, 5) is 37.7. The number of amides is 1. The number of fused-ring (bicyclic) bond motifs is 1. The maximum Gasteiger partial charge on any atom is 0.286 e. The van der Waals surface area contributed by atoms with Gasteiger partial charge in [-0.25, -0.2) is 9.37 Å². The molecule has 2 heterocycles. The standard InChI is InChI=1S/C14H9FN4O5/c15-7-1-2-10-11(3-7)24-12(17-10)6-18-5-8(19(22)23)4-9(13(16)20)14(18)21/h1-5H,6H2,(H2,16,20). The van der Waals surface area contributed by atoms with Crippen molar-refractivity contribution in [2.75, 3.05) is 0 Å². The van der Waals surface area contributed by atoms with Gasteiger partial charge in [0.2, 0.25) is 5.89 Å². The van der Waals surface area contributed by atoms with Crippen molar-refractivity contribution in [3.05, 3.63) is 68.2 Å². The second kappa shape index (κ2) is 5.57. The molecule has 3 aromatic rings. The van der Waals surface area contributed by atoms with Crippen LogP contribution in [-0.4, -0.2) is 20.4 Å². The van der Waals surface area contributed by atoms with E-state index in [-0.39, 0.29) is 18.0 Å². The van der Waals surface area contributed by atoms with Gasteiger partial charge < -0.3 is 10.2 Å². The number of primary amides is 1. The van der Waals surface area contributed by atoms with Crippen LogP contribution in [0.3, 0.4) is 0 Å². The molecule has 0 bridgehead atoms. The fraction of sp³-hybridized carbons (Fsp3) is 0.0714. The van der Waals surface area contributed by atoms with Crippen LogP contribution in [0, 0.1) is 15.9 Å². The number of oxazole rings is 1. The van der Waals surface area contributed by atoms with E-state index in [2.05, 4.69) is 4.98 Å². The van der Waals surface area contributed by atoms with E-state index in [4.69, 9.17) is 10.2 Å². The average molecular weight is 332 g/mol. The van der Waals surface area contributed by atoms with Crippen LogP contribution in [0.5, 0.6) is 0 Å². The highest BCUT2D eigenvalue weighted by Crippen LogP contribution is 2.18. The Labute approximate surface area is 132 Å². The number of hydrogen-bond acceptors (Lipinski definition) is 6. The number of nitrogens with two attached hydrogens (primary N) is 1. The van der Waals surface area contributed by atoms with Crippen LogP contribution >= 0.6 is 0 Å². The topological polar surface area (TPSA) is 134 Å². The van der Waals surface area contributed by atoms with E-state index in [1.165, 1.54) is 12.1 Å². The fourth-order valence-corrected chi connectivity index (χ4v) is 2.17. The smallest absolute Gasteiger partial charge is 0.286 e. The fourth-order valence-electron chi connectivity index (χ4n) is 2.17. The first kappa shape index (κ1) is 15.3. The molecule has 1 aromatic carbocycles. The van der Waals surface area contributed by atoms with Gasteiger partial charge in [-0.2, -0.15) is 0 Å². The molecule has 9 nitrogen and oxygen atoms in total. The lowest BCUT2D eigenvalue weighted by atomic mass is 10.2. The van der Waals surface area contributed by atoms with Crippen molar-refractivity contribution < 1.29 is 18.5 Å². The summed E-state index contributed by atoms with van der Waals surface area (Å²) >= 11 is 0. The van der Waals surface area contributed by atoms with Crippen molar-refractivity contribution >= 4 is 22.7 Å². The van der Waals surface area contributed by atoms with Gasteiger partial charge in [0.1, 0.15) is 23.4 Å². The molecule has 3 rings (SSSR count). The molecule has 0 aliphatic carbocycles. The Hall–Kier alpha value is -3.56. The zero-order chi connectivity index (χ0) is 17.4. The van der Waals surface area contributed by atoms with Gasteiger partial charge in [0, 0.05) is 12.1 Å². The number of hydrogen-bond donors (Lipinski definition) is 1. The number of benzene rings is 1. The molecule has 10 heteroatoms. The summed E-state index contributed by atoms with van der Waals surface area (Å²) in [6.45, 7) is -0.281. The highest BCUT2D eigenvalue weighted by molar-refractivity contribution is 5.92. The molecule has 0 saturated carbocycles. The van der Waals surface area contributed by atoms with Gasteiger partial charge in [-0.15, -0.1) is 0 Å². The summed E-state index contributed by atoms with van der Waals surface area (Å²) in [6, 6.07) is 4.52. The van der Waals surface area contributed by atoms with Gasteiger partial charge in [-0.1, -0.05) is 0 Å². The summed E-state index contributed by atoms with van der Waals surface area (Å²) < 4.78 is 19.4. The highest BCUT2D eigenvalue weighted by Gasteiger charge is 2.18. The zero-order valence-electron chi connectivity index (χ0n) is 11.9. The van der Waals surface area contributed by atoms with Crippen LogP contribution in [0.25, 0.3) is 11.1 Å². The molecular formula is C14H9FN4O5. The van der Waals surface area contributed by atoms with Crippen molar-refractivity contribution in [1.29, 1.82) is 0 Å². The SMILES string of the molecule is NC(=O)c1cc([N+](=O)[O-])cn(Cc2nc3ccc(F)cc3o2)c1=O. The molecule has 0 spiro atoms. The summed E-state index contributed by atoms with van der Waals surface area (Å²) in [6.07, 6.45) is 0.949. The van der Waals surface area contributed by atoms with E-state index in [1.54, 1.807) is 0 Å². The molecule has 0 atom stereocenters. The van der Waals surface area contributed by atoms with E-state index in [0.29, 0.717) is 5.52 Å². The number of nitro groups is 1. The van der Waals surface area contributed by atoms with Crippen LogP contribution < -0.4 is 11.3 Å². The summed E-state index contributed by atoms with van der Waals surface area (Å²) in [5.41, 5.74) is 3.77. The molecule has 0 unspecified atom stereocenters. The van der Waals surface area contributed by atoms with Crippen LogP contribution in [0.2, 0.25) is 0 Å². The van der Waals surface area contributed by atoms with E-state index in [0.717, 1.165) is 22.9 Å². The summed E-state index contributed by atoms with van der Waals surface area (Å²) in [7, 11) is 0. The van der Waals surface area contributed by atoms with Gasteiger partial charge in [-0.05, 0) is 12.1 Å². The Morgan fingerprint density at radius 2 is 2.17 bits per heavy atom. The third-order valence-corrected chi connectivity index (χ3v) is 3.25. The molecule has 2 N–H and O–H groups in total. The number of nitrogens with zero attached hydrogens (tertiary/aromatic N) is 3. The second-order valence-electron chi connectivity index (χ2n) is 4.89. The molecule has 0 aliphatic rings.